The van der Waals surface area contributed by atoms with E-state index < -0.39 is 11.7 Å². The van der Waals surface area contributed by atoms with Crippen molar-refractivity contribution in [2.24, 2.45) is 0 Å². The van der Waals surface area contributed by atoms with E-state index in [-0.39, 0.29) is 12.1 Å². The van der Waals surface area contributed by atoms with Gasteiger partial charge in [-0.05, 0) is 11.6 Å². The predicted molar refractivity (Wildman–Crippen MR) is 54.5 cm³/mol. The molecule has 0 amide bonds. The van der Waals surface area contributed by atoms with E-state index in [1.807, 2.05) is 0 Å². The quantitative estimate of drug-likeness (QED) is 0.895. The molecule has 0 saturated carbocycles. The molecule has 0 bridgehead atoms. The van der Waals surface area contributed by atoms with Crippen molar-refractivity contribution in [3.63, 3.8) is 0 Å². The number of hydrogen-bond donors (Lipinski definition) is 1. The molecular formula is C10H9F3N4. The van der Waals surface area contributed by atoms with Gasteiger partial charge < -0.3 is 5.43 Å². The van der Waals surface area contributed by atoms with Gasteiger partial charge in [0.2, 0.25) is 0 Å². The van der Waals surface area contributed by atoms with E-state index >= 15 is 0 Å². The molecule has 1 aromatic carbocycles. The monoisotopic (exact) mass is 242 g/mol. The molecule has 0 radical (unpaired) electrons. The summed E-state index contributed by atoms with van der Waals surface area (Å²) in [6, 6.07) is 5.42. The molecule has 0 aliphatic carbocycles. The van der Waals surface area contributed by atoms with Crippen molar-refractivity contribution in [3.8, 4) is 0 Å². The molecule has 7 heteroatoms. The zero-order valence-electron chi connectivity index (χ0n) is 8.65. The molecule has 1 aromatic heterocycles. The standard InChI is InChI=1S/C10H9F3N4/c11-10(12,13)9-4-2-1-3-8(9)5-16-17-6-14-15-7-17/h1-4,6-7,16H,5H2. The number of rotatable bonds is 3. The topological polar surface area (TPSA) is 42.7 Å². The van der Waals surface area contributed by atoms with Crippen molar-refractivity contribution in [2.75, 3.05) is 5.43 Å². The third-order valence-electron chi connectivity index (χ3n) is 2.19. The van der Waals surface area contributed by atoms with Gasteiger partial charge in [-0.2, -0.15) is 13.2 Å². The highest BCUT2D eigenvalue weighted by molar-refractivity contribution is 5.30. The van der Waals surface area contributed by atoms with Crippen LogP contribution in [0.2, 0.25) is 0 Å². The van der Waals surface area contributed by atoms with Crippen molar-refractivity contribution in [2.45, 2.75) is 12.7 Å². The fourth-order valence-electron chi connectivity index (χ4n) is 1.41. The molecule has 0 aliphatic heterocycles. The minimum absolute atomic E-state index is 0.0493. The van der Waals surface area contributed by atoms with Crippen LogP contribution in [0.3, 0.4) is 0 Å². The molecular weight excluding hydrogens is 233 g/mol. The van der Waals surface area contributed by atoms with Crippen molar-refractivity contribution in [3.05, 3.63) is 48.0 Å². The van der Waals surface area contributed by atoms with E-state index in [9.17, 15) is 13.2 Å². The van der Waals surface area contributed by atoms with Crippen LogP contribution in [0.1, 0.15) is 11.1 Å². The predicted octanol–water partition coefficient (Wildman–Crippen LogP) is 2.04. The molecule has 2 rings (SSSR count). The Kier molecular flexibility index (Phi) is 2.99. The second-order valence-corrected chi connectivity index (χ2v) is 3.36. The Hall–Kier alpha value is -2.05. The van der Waals surface area contributed by atoms with Gasteiger partial charge in [0.25, 0.3) is 0 Å². The summed E-state index contributed by atoms with van der Waals surface area (Å²) < 4.78 is 39.4. The lowest BCUT2D eigenvalue weighted by molar-refractivity contribution is -0.138. The third-order valence-corrected chi connectivity index (χ3v) is 2.19. The zero-order valence-corrected chi connectivity index (χ0v) is 8.65. The lowest BCUT2D eigenvalue weighted by Gasteiger charge is -2.13. The summed E-state index contributed by atoms with van der Waals surface area (Å²) in [7, 11) is 0. The Balaban J connectivity index is 2.16. The summed E-state index contributed by atoms with van der Waals surface area (Å²) in [6.45, 7) is 0.0493. The van der Waals surface area contributed by atoms with Gasteiger partial charge in [0, 0.05) is 0 Å². The molecule has 4 nitrogen and oxygen atoms in total. The molecule has 17 heavy (non-hydrogen) atoms. The summed E-state index contributed by atoms with van der Waals surface area (Å²) in [5.41, 5.74) is 2.28. The van der Waals surface area contributed by atoms with Crippen LogP contribution in [0.5, 0.6) is 0 Å². The first-order valence-electron chi connectivity index (χ1n) is 4.81. The van der Waals surface area contributed by atoms with Gasteiger partial charge in [-0.1, -0.05) is 18.2 Å². The number of alkyl halides is 3. The van der Waals surface area contributed by atoms with E-state index in [2.05, 4.69) is 15.6 Å². The Morgan fingerprint density at radius 1 is 1.12 bits per heavy atom. The lowest BCUT2D eigenvalue weighted by Crippen LogP contribution is -2.16. The van der Waals surface area contributed by atoms with E-state index in [1.54, 1.807) is 6.07 Å². The van der Waals surface area contributed by atoms with E-state index in [0.29, 0.717) is 0 Å². The molecule has 1 N–H and O–H groups in total. The lowest BCUT2D eigenvalue weighted by atomic mass is 10.1. The first-order chi connectivity index (χ1) is 8.07. The molecule has 0 aliphatic rings. The molecule has 0 spiro atoms. The van der Waals surface area contributed by atoms with Crippen LogP contribution in [-0.4, -0.2) is 14.9 Å². The molecule has 90 valence electrons. The summed E-state index contributed by atoms with van der Waals surface area (Å²) in [5, 5.41) is 7.07. The Bertz CT molecular complexity index is 479. The van der Waals surface area contributed by atoms with E-state index in [0.717, 1.165) is 6.07 Å². The zero-order chi connectivity index (χ0) is 12.3. The van der Waals surface area contributed by atoms with Crippen LogP contribution in [-0.2, 0) is 12.7 Å². The highest BCUT2D eigenvalue weighted by atomic mass is 19.4. The Morgan fingerprint density at radius 3 is 2.41 bits per heavy atom. The average molecular weight is 242 g/mol. The van der Waals surface area contributed by atoms with Gasteiger partial charge in [0.05, 0.1) is 12.1 Å². The Morgan fingerprint density at radius 2 is 1.76 bits per heavy atom. The van der Waals surface area contributed by atoms with Gasteiger partial charge in [-0.3, -0.25) is 0 Å². The maximum atomic E-state index is 12.7. The first-order valence-corrected chi connectivity index (χ1v) is 4.81. The molecule has 2 aromatic rings. The number of halogens is 3. The fourth-order valence-corrected chi connectivity index (χ4v) is 1.41. The highest BCUT2D eigenvalue weighted by Crippen LogP contribution is 2.31. The van der Waals surface area contributed by atoms with Crippen molar-refractivity contribution in [1.82, 2.24) is 14.9 Å². The summed E-state index contributed by atoms with van der Waals surface area (Å²) in [4.78, 5) is 0. The number of benzene rings is 1. The number of nitrogens with zero attached hydrogens (tertiary/aromatic N) is 3. The maximum Gasteiger partial charge on any atom is 0.416 e. The van der Waals surface area contributed by atoms with E-state index in [1.165, 1.54) is 29.5 Å². The number of hydrogen-bond acceptors (Lipinski definition) is 3. The minimum atomic E-state index is -4.34. The summed E-state index contributed by atoms with van der Waals surface area (Å²) in [5.74, 6) is 0. The van der Waals surface area contributed by atoms with Gasteiger partial charge in [-0.15, -0.1) is 10.2 Å². The molecule has 0 unspecified atom stereocenters. The largest absolute Gasteiger partial charge is 0.416 e. The van der Waals surface area contributed by atoms with Crippen molar-refractivity contribution in [1.29, 1.82) is 0 Å². The molecule has 1 heterocycles. The third kappa shape index (κ3) is 2.74. The van der Waals surface area contributed by atoms with Gasteiger partial charge in [0.15, 0.2) is 0 Å². The smallest absolute Gasteiger partial charge is 0.319 e. The van der Waals surface area contributed by atoms with Crippen molar-refractivity contribution >= 4 is 0 Å². The SMILES string of the molecule is FC(F)(F)c1ccccc1CNn1cnnc1. The normalized spacial score (nSPS) is 11.5. The minimum Gasteiger partial charge on any atom is -0.319 e. The van der Waals surface area contributed by atoms with Crippen molar-refractivity contribution < 1.29 is 13.2 Å². The second kappa shape index (κ2) is 4.44. The van der Waals surface area contributed by atoms with Crippen LogP contribution in [0.15, 0.2) is 36.9 Å². The summed E-state index contributed by atoms with van der Waals surface area (Å²) in [6.07, 6.45) is -1.60. The molecule has 0 atom stereocenters. The van der Waals surface area contributed by atoms with Crippen LogP contribution in [0.25, 0.3) is 0 Å². The number of aromatic nitrogens is 3. The van der Waals surface area contributed by atoms with Crippen LogP contribution < -0.4 is 5.43 Å². The second-order valence-electron chi connectivity index (χ2n) is 3.36. The van der Waals surface area contributed by atoms with E-state index in [4.69, 9.17) is 0 Å². The maximum absolute atomic E-state index is 12.7. The van der Waals surface area contributed by atoms with Crippen LogP contribution in [0.4, 0.5) is 13.2 Å². The van der Waals surface area contributed by atoms with Gasteiger partial charge in [-0.25, -0.2) is 4.68 Å². The van der Waals surface area contributed by atoms with Gasteiger partial charge >= 0.3 is 6.18 Å². The molecule has 0 saturated heterocycles. The highest BCUT2D eigenvalue weighted by Gasteiger charge is 2.32. The average Bonchev–Trinajstić information content (AvgIpc) is 2.78. The fraction of sp³-hybridized carbons (Fsp3) is 0.200. The van der Waals surface area contributed by atoms with Crippen LogP contribution >= 0.6 is 0 Å². The first kappa shape index (κ1) is 11.4. The molecule has 0 fully saturated rings. The van der Waals surface area contributed by atoms with Gasteiger partial charge in [0.1, 0.15) is 12.7 Å². The Labute approximate surface area is 95.1 Å². The summed E-state index contributed by atoms with van der Waals surface area (Å²) >= 11 is 0. The number of nitrogens with one attached hydrogen (secondary N) is 1. The van der Waals surface area contributed by atoms with Crippen LogP contribution in [0, 0.1) is 0 Å².